The van der Waals surface area contributed by atoms with Crippen LogP contribution in [-0.4, -0.2) is 76.4 Å². The summed E-state index contributed by atoms with van der Waals surface area (Å²) in [6.07, 6.45) is 2.00. The quantitative estimate of drug-likeness (QED) is 0.728. The zero-order valence-electron chi connectivity index (χ0n) is 16.8. The molecule has 5 rings (SSSR count). The van der Waals surface area contributed by atoms with E-state index in [2.05, 4.69) is 17.1 Å². The fourth-order valence-corrected chi connectivity index (χ4v) is 7.22. The molecule has 3 atom stereocenters. The highest BCUT2D eigenvalue weighted by Crippen LogP contribution is 2.60. The van der Waals surface area contributed by atoms with Gasteiger partial charge in [-0.25, -0.2) is 18.4 Å². The first kappa shape index (κ1) is 19.3. The number of ether oxygens (including phenoxy) is 1. The lowest BCUT2D eigenvalue weighted by atomic mass is 9.54. The number of fused-ring (bicyclic) bond motifs is 1. The van der Waals surface area contributed by atoms with Gasteiger partial charge in [-0.1, -0.05) is 13.3 Å². The van der Waals surface area contributed by atoms with Crippen molar-refractivity contribution in [3.05, 3.63) is 0 Å². The average molecular weight is 413 g/mol. The molecule has 3 saturated heterocycles. The topological polar surface area (TPSA) is 82.1 Å². The van der Waals surface area contributed by atoms with Gasteiger partial charge in [0.15, 0.2) is 0 Å². The van der Waals surface area contributed by atoms with Crippen molar-refractivity contribution < 1.29 is 28.2 Å². The number of rotatable bonds is 2. The Hall–Kier alpha value is -1.64. The highest BCUT2D eigenvalue weighted by atomic mass is 19.3. The van der Waals surface area contributed by atoms with Crippen molar-refractivity contribution in [2.75, 3.05) is 26.2 Å². The molecule has 0 aromatic carbocycles. The van der Waals surface area contributed by atoms with Crippen molar-refractivity contribution in [2.45, 2.75) is 75.0 Å². The lowest BCUT2D eigenvalue weighted by molar-refractivity contribution is -0.191. The van der Waals surface area contributed by atoms with E-state index in [1.165, 1.54) is 4.90 Å². The summed E-state index contributed by atoms with van der Waals surface area (Å²) in [4.78, 5) is 27.2. The number of nitrogens with one attached hydrogen (secondary N) is 1. The van der Waals surface area contributed by atoms with E-state index in [0.29, 0.717) is 37.9 Å². The monoisotopic (exact) mass is 413 g/mol. The minimum atomic E-state index is -2.72. The molecule has 7 nitrogen and oxygen atoms in total. The van der Waals surface area contributed by atoms with E-state index in [1.54, 1.807) is 0 Å². The lowest BCUT2D eigenvalue weighted by Gasteiger charge is -2.60. The van der Waals surface area contributed by atoms with E-state index in [0.717, 1.165) is 32.4 Å². The highest BCUT2D eigenvalue weighted by Gasteiger charge is 2.72. The maximum atomic E-state index is 13.7. The van der Waals surface area contributed by atoms with Gasteiger partial charge in [-0.15, -0.1) is 0 Å². The van der Waals surface area contributed by atoms with Crippen LogP contribution in [0.25, 0.3) is 0 Å². The van der Waals surface area contributed by atoms with E-state index in [9.17, 15) is 23.5 Å². The van der Waals surface area contributed by atoms with Crippen molar-refractivity contribution in [3.8, 4) is 0 Å². The number of alkyl halides is 2. The van der Waals surface area contributed by atoms with Gasteiger partial charge in [0.1, 0.15) is 5.60 Å². The summed E-state index contributed by atoms with van der Waals surface area (Å²) in [7, 11) is 0. The predicted molar refractivity (Wildman–Crippen MR) is 98.9 cm³/mol. The molecule has 3 unspecified atom stereocenters. The summed E-state index contributed by atoms with van der Waals surface area (Å²) < 4.78 is 32.9. The fourth-order valence-electron chi connectivity index (χ4n) is 7.22. The molecule has 0 radical (unpaired) electrons. The van der Waals surface area contributed by atoms with Gasteiger partial charge in [-0.2, -0.15) is 0 Å². The normalized spacial score (nSPS) is 39.3. The second-order valence-corrected chi connectivity index (χ2v) is 9.94. The minimum absolute atomic E-state index is 0.0889. The van der Waals surface area contributed by atoms with E-state index >= 15 is 0 Å². The van der Waals surface area contributed by atoms with Crippen molar-refractivity contribution in [2.24, 2.45) is 11.3 Å². The third-order valence-corrected chi connectivity index (χ3v) is 8.66. The Kier molecular flexibility index (Phi) is 3.97. The van der Waals surface area contributed by atoms with Crippen LogP contribution in [0, 0.1) is 11.3 Å². The van der Waals surface area contributed by atoms with Crippen LogP contribution in [0.2, 0.25) is 0 Å². The molecule has 0 aromatic heterocycles. The molecule has 5 aliphatic rings. The maximum absolute atomic E-state index is 13.7. The number of nitrogens with zero attached hydrogens (tertiary/aromatic N) is 2. The number of alkyl carbamates (subject to hydrolysis) is 1. The van der Waals surface area contributed by atoms with Gasteiger partial charge in [0, 0.05) is 57.9 Å². The first-order chi connectivity index (χ1) is 13.6. The van der Waals surface area contributed by atoms with E-state index < -0.39 is 29.2 Å². The van der Waals surface area contributed by atoms with Gasteiger partial charge in [0.05, 0.1) is 5.54 Å². The molecule has 0 bridgehead atoms. The Morgan fingerprint density at radius 1 is 1.24 bits per heavy atom. The molecule has 2 amide bonds. The lowest BCUT2D eigenvalue weighted by Crippen LogP contribution is -2.71. The van der Waals surface area contributed by atoms with Crippen LogP contribution in [0.1, 0.15) is 51.9 Å². The standard InChI is InChI=1S/C20H29F2N3O4/c1-2-13-14(9-17(13)3-6-25(12-17)16(27)28)24-7-4-19(5-8-24)18(23-15(26)29-19)10-20(21,22)11-18/h13-14H,2-12H2,1H3,(H,23,26)(H,27,28). The molecule has 5 fully saturated rings. The predicted octanol–water partition coefficient (Wildman–Crippen LogP) is 2.90. The molecular weight excluding hydrogens is 384 g/mol. The van der Waals surface area contributed by atoms with Crippen LogP contribution >= 0.6 is 0 Å². The van der Waals surface area contributed by atoms with E-state index in [4.69, 9.17) is 4.74 Å². The SMILES string of the molecule is CCC1C(N2CCC3(CC2)OC(=O)NC32CC(F)(F)C2)CC12CCN(C(=O)O)C2. The van der Waals surface area contributed by atoms with Gasteiger partial charge >= 0.3 is 12.2 Å². The van der Waals surface area contributed by atoms with Gasteiger partial charge in [0.25, 0.3) is 5.92 Å². The molecule has 29 heavy (non-hydrogen) atoms. The zero-order valence-corrected chi connectivity index (χ0v) is 16.8. The number of hydrogen-bond acceptors (Lipinski definition) is 4. The molecule has 2 aliphatic carbocycles. The number of carbonyl (C=O) groups is 2. The number of piperidine rings is 1. The summed E-state index contributed by atoms with van der Waals surface area (Å²) in [5.74, 6) is -2.27. The third kappa shape index (κ3) is 2.61. The number of hydrogen-bond donors (Lipinski definition) is 2. The second-order valence-electron chi connectivity index (χ2n) is 9.94. The summed E-state index contributed by atoms with van der Waals surface area (Å²) in [6, 6.07) is 0.398. The maximum Gasteiger partial charge on any atom is 0.408 e. The Morgan fingerprint density at radius 3 is 2.48 bits per heavy atom. The molecular formula is C20H29F2N3O4. The first-order valence-corrected chi connectivity index (χ1v) is 10.7. The number of amides is 2. The van der Waals surface area contributed by atoms with Gasteiger partial charge < -0.3 is 20.1 Å². The van der Waals surface area contributed by atoms with Crippen molar-refractivity contribution >= 4 is 12.2 Å². The fraction of sp³-hybridized carbons (Fsp3) is 0.900. The van der Waals surface area contributed by atoms with Crippen LogP contribution in [0.15, 0.2) is 0 Å². The molecule has 3 aliphatic heterocycles. The Morgan fingerprint density at radius 2 is 1.93 bits per heavy atom. The van der Waals surface area contributed by atoms with Gasteiger partial charge in [-0.3, -0.25) is 4.90 Å². The molecule has 3 spiro atoms. The summed E-state index contributed by atoms with van der Waals surface area (Å²) in [5.41, 5.74) is -1.65. The van der Waals surface area contributed by atoms with Crippen LogP contribution < -0.4 is 5.32 Å². The Bertz CT molecular complexity index is 731. The number of carbonyl (C=O) groups excluding carboxylic acids is 1. The summed E-state index contributed by atoms with van der Waals surface area (Å²) in [5, 5.41) is 12.0. The number of likely N-dealkylation sites (tertiary alicyclic amines) is 2. The van der Waals surface area contributed by atoms with E-state index in [1.807, 2.05) is 0 Å². The Labute approximate surface area is 168 Å². The summed E-state index contributed by atoms with van der Waals surface area (Å²) >= 11 is 0. The van der Waals surface area contributed by atoms with Crippen LogP contribution in [0.5, 0.6) is 0 Å². The minimum Gasteiger partial charge on any atom is -0.465 e. The van der Waals surface area contributed by atoms with Crippen molar-refractivity contribution in [1.82, 2.24) is 15.1 Å². The molecule has 3 heterocycles. The van der Waals surface area contributed by atoms with Crippen molar-refractivity contribution in [3.63, 3.8) is 0 Å². The molecule has 9 heteroatoms. The molecule has 0 aromatic rings. The molecule has 2 saturated carbocycles. The number of halogens is 2. The van der Waals surface area contributed by atoms with Gasteiger partial charge in [-0.05, 0) is 24.2 Å². The first-order valence-electron chi connectivity index (χ1n) is 10.7. The number of carboxylic acid groups (broad SMARTS) is 1. The largest absolute Gasteiger partial charge is 0.465 e. The molecule has 162 valence electrons. The van der Waals surface area contributed by atoms with Gasteiger partial charge in [0.2, 0.25) is 0 Å². The van der Waals surface area contributed by atoms with E-state index in [-0.39, 0.29) is 18.3 Å². The van der Waals surface area contributed by atoms with Crippen LogP contribution in [0.3, 0.4) is 0 Å². The third-order valence-electron chi connectivity index (χ3n) is 8.66. The zero-order chi connectivity index (χ0) is 20.7. The highest BCUT2D eigenvalue weighted by molar-refractivity contribution is 5.73. The second kappa shape index (κ2) is 5.95. The average Bonchev–Trinajstić information content (AvgIpc) is 3.16. The Balaban J connectivity index is 1.25. The smallest absolute Gasteiger partial charge is 0.408 e. The van der Waals surface area contributed by atoms with Crippen molar-refractivity contribution in [1.29, 1.82) is 0 Å². The molecule has 2 N–H and O–H groups in total. The summed E-state index contributed by atoms with van der Waals surface area (Å²) in [6.45, 7) is 4.85. The van der Waals surface area contributed by atoms with Crippen LogP contribution in [-0.2, 0) is 4.74 Å². The van der Waals surface area contributed by atoms with Crippen LogP contribution in [0.4, 0.5) is 18.4 Å².